The van der Waals surface area contributed by atoms with Gasteiger partial charge in [-0.05, 0) is 25.7 Å². The van der Waals surface area contributed by atoms with Gasteiger partial charge in [-0.3, -0.25) is 5.41 Å². The normalized spacial score (nSPS) is 12.8. The SMILES string of the molecule is N=C(N)NCCC[C@H](N)C(=O)OC(=O)[C@@H](N)CCCNC(N)=O. The van der Waals surface area contributed by atoms with Crippen LogP contribution in [0.2, 0.25) is 0 Å². The van der Waals surface area contributed by atoms with Gasteiger partial charge in [0.05, 0.1) is 0 Å². The summed E-state index contributed by atoms with van der Waals surface area (Å²) in [5.74, 6) is -1.90. The van der Waals surface area contributed by atoms with E-state index in [0.717, 1.165) is 0 Å². The van der Waals surface area contributed by atoms with Gasteiger partial charge in [0.15, 0.2) is 5.96 Å². The Morgan fingerprint density at radius 2 is 1.35 bits per heavy atom. The van der Waals surface area contributed by atoms with E-state index in [9.17, 15) is 14.4 Å². The summed E-state index contributed by atoms with van der Waals surface area (Å²) in [6, 6.07) is -2.61. The van der Waals surface area contributed by atoms with Crippen LogP contribution in [0.15, 0.2) is 0 Å². The summed E-state index contributed by atoms with van der Waals surface area (Å²) in [5, 5.41) is 11.9. The number of carbonyl (C=O) groups excluding carboxylic acids is 3. The lowest BCUT2D eigenvalue weighted by Gasteiger charge is -2.13. The first-order chi connectivity index (χ1) is 10.7. The van der Waals surface area contributed by atoms with Gasteiger partial charge in [0, 0.05) is 13.1 Å². The molecule has 0 aromatic rings. The first-order valence-electron chi connectivity index (χ1n) is 7.12. The fourth-order valence-electron chi connectivity index (χ4n) is 1.56. The summed E-state index contributed by atoms with van der Waals surface area (Å²) in [6.45, 7) is 0.656. The van der Waals surface area contributed by atoms with E-state index in [4.69, 9.17) is 28.3 Å². The third kappa shape index (κ3) is 10.9. The Morgan fingerprint density at radius 3 is 1.74 bits per heavy atom. The number of rotatable bonds is 10. The minimum absolute atomic E-state index is 0.173. The molecule has 2 amide bonds. The quantitative estimate of drug-likeness (QED) is 0.0740. The van der Waals surface area contributed by atoms with E-state index in [0.29, 0.717) is 19.4 Å². The Morgan fingerprint density at radius 1 is 0.913 bits per heavy atom. The highest BCUT2D eigenvalue weighted by Gasteiger charge is 2.22. The van der Waals surface area contributed by atoms with Gasteiger partial charge in [0.1, 0.15) is 12.1 Å². The second-order valence-corrected chi connectivity index (χ2v) is 4.87. The van der Waals surface area contributed by atoms with Crippen LogP contribution in [0.25, 0.3) is 0 Å². The van der Waals surface area contributed by atoms with Crippen molar-refractivity contribution in [1.29, 1.82) is 5.41 Å². The predicted octanol–water partition coefficient (Wildman–Crippen LogP) is -2.58. The van der Waals surface area contributed by atoms with Gasteiger partial charge in [0.25, 0.3) is 0 Å². The molecule has 0 aromatic heterocycles. The lowest BCUT2D eigenvalue weighted by molar-refractivity contribution is -0.161. The molecule has 0 aliphatic heterocycles. The van der Waals surface area contributed by atoms with Gasteiger partial charge < -0.3 is 38.3 Å². The number of urea groups is 1. The highest BCUT2D eigenvalue weighted by atomic mass is 16.6. The number of nitrogens with one attached hydrogen (secondary N) is 3. The second kappa shape index (κ2) is 11.2. The van der Waals surface area contributed by atoms with Gasteiger partial charge in [-0.2, -0.15) is 0 Å². The zero-order valence-corrected chi connectivity index (χ0v) is 12.8. The molecule has 132 valence electrons. The van der Waals surface area contributed by atoms with Crippen molar-refractivity contribution in [2.24, 2.45) is 22.9 Å². The highest BCUT2D eigenvalue weighted by molar-refractivity contribution is 5.90. The van der Waals surface area contributed by atoms with E-state index in [1.54, 1.807) is 0 Å². The summed E-state index contributed by atoms with van der Waals surface area (Å²) in [5.41, 5.74) is 21.1. The third-order valence-corrected chi connectivity index (χ3v) is 2.81. The van der Waals surface area contributed by atoms with E-state index in [1.165, 1.54) is 0 Å². The first kappa shape index (κ1) is 20.6. The largest absolute Gasteiger partial charge is 0.391 e. The van der Waals surface area contributed by atoms with Crippen molar-refractivity contribution in [3.63, 3.8) is 0 Å². The average Bonchev–Trinajstić information content (AvgIpc) is 2.46. The van der Waals surface area contributed by atoms with Crippen LogP contribution in [0, 0.1) is 5.41 Å². The number of hydrogen-bond acceptors (Lipinski definition) is 7. The number of nitrogens with two attached hydrogens (primary N) is 4. The maximum Gasteiger partial charge on any atom is 0.330 e. The Bertz CT molecular complexity index is 392. The molecule has 11 N–H and O–H groups in total. The van der Waals surface area contributed by atoms with E-state index < -0.39 is 30.1 Å². The van der Waals surface area contributed by atoms with E-state index in [2.05, 4.69) is 15.4 Å². The average molecular weight is 331 g/mol. The molecule has 0 saturated carbocycles. The zero-order valence-electron chi connectivity index (χ0n) is 12.8. The van der Waals surface area contributed by atoms with Crippen molar-refractivity contribution in [2.45, 2.75) is 37.8 Å². The van der Waals surface area contributed by atoms with Crippen LogP contribution in [-0.4, -0.2) is 49.1 Å². The fourth-order valence-corrected chi connectivity index (χ4v) is 1.56. The summed E-state index contributed by atoms with van der Waals surface area (Å²) in [7, 11) is 0. The standard InChI is InChI=1S/C12H25N7O4/c13-7(3-1-5-18-11(15)16)9(20)23-10(21)8(14)4-2-6-19-12(17)22/h7-8H,1-6,13-14H2,(H4,15,16,18)(H3,17,19,22)/t7-,8-/m0/s1. The van der Waals surface area contributed by atoms with Crippen LogP contribution in [0.5, 0.6) is 0 Å². The van der Waals surface area contributed by atoms with Crippen LogP contribution in [0.1, 0.15) is 25.7 Å². The Hall–Kier alpha value is -2.40. The number of carbonyl (C=O) groups is 3. The van der Waals surface area contributed by atoms with E-state index in [-0.39, 0.29) is 25.3 Å². The number of amides is 2. The van der Waals surface area contributed by atoms with Gasteiger partial charge in [-0.15, -0.1) is 0 Å². The number of primary amides is 1. The van der Waals surface area contributed by atoms with Crippen molar-refractivity contribution in [3.8, 4) is 0 Å². The van der Waals surface area contributed by atoms with Crippen molar-refractivity contribution in [2.75, 3.05) is 13.1 Å². The molecular weight excluding hydrogens is 306 g/mol. The Kier molecular flexibility index (Phi) is 10.0. The van der Waals surface area contributed by atoms with Crippen LogP contribution >= 0.6 is 0 Å². The maximum absolute atomic E-state index is 11.6. The molecule has 0 aliphatic carbocycles. The van der Waals surface area contributed by atoms with Crippen molar-refractivity contribution in [3.05, 3.63) is 0 Å². The molecular formula is C12H25N7O4. The van der Waals surface area contributed by atoms with Crippen LogP contribution in [0.4, 0.5) is 4.79 Å². The number of hydrogen-bond donors (Lipinski definition) is 7. The lowest BCUT2D eigenvalue weighted by Crippen LogP contribution is -2.40. The van der Waals surface area contributed by atoms with Crippen molar-refractivity contribution in [1.82, 2.24) is 10.6 Å². The fraction of sp³-hybridized carbons (Fsp3) is 0.667. The lowest BCUT2D eigenvalue weighted by atomic mass is 10.1. The minimum Gasteiger partial charge on any atom is -0.391 e. The smallest absolute Gasteiger partial charge is 0.330 e. The third-order valence-electron chi connectivity index (χ3n) is 2.81. The Balaban J connectivity index is 3.95. The molecule has 0 radical (unpaired) electrons. The maximum atomic E-state index is 11.6. The summed E-state index contributed by atoms with van der Waals surface area (Å²) in [4.78, 5) is 33.7. The van der Waals surface area contributed by atoms with E-state index in [1.807, 2.05) is 0 Å². The molecule has 0 aliphatic rings. The highest BCUT2D eigenvalue weighted by Crippen LogP contribution is 2.01. The molecule has 0 saturated heterocycles. The molecule has 0 spiro atoms. The van der Waals surface area contributed by atoms with Crippen LogP contribution < -0.4 is 33.6 Å². The topological polar surface area (TPSA) is 212 Å². The van der Waals surface area contributed by atoms with Crippen molar-refractivity contribution < 1.29 is 19.1 Å². The molecule has 0 aromatic carbocycles. The molecule has 23 heavy (non-hydrogen) atoms. The Labute approximate surface area is 133 Å². The molecule has 0 heterocycles. The molecule has 0 unspecified atom stereocenters. The van der Waals surface area contributed by atoms with Crippen LogP contribution in [-0.2, 0) is 14.3 Å². The molecule has 11 nitrogen and oxygen atoms in total. The molecule has 0 rings (SSSR count). The van der Waals surface area contributed by atoms with Crippen molar-refractivity contribution >= 4 is 23.9 Å². The number of ether oxygens (including phenoxy) is 1. The first-order valence-corrected chi connectivity index (χ1v) is 7.12. The predicted molar refractivity (Wildman–Crippen MR) is 83.0 cm³/mol. The molecule has 0 bridgehead atoms. The summed E-state index contributed by atoms with van der Waals surface area (Å²) in [6.07, 6.45) is 1.39. The molecule has 11 heteroatoms. The number of esters is 2. The van der Waals surface area contributed by atoms with Gasteiger partial charge >= 0.3 is 18.0 Å². The van der Waals surface area contributed by atoms with Gasteiger partial charge in [-0.1, -0.05) is 0 Å². The van der Waals surface area contributed by atoms with Crippen LogP contribution in [0.3, 0.4) is 0 Å². The monoisotopic (exact) mass is 331 g/mol. The zero-order chi connectivity index (χ0) is 17.8. The van der Waals surface area contributed by atoms with E-state index >= 15 is 0 Å². The minimum atomic E-state index is -0.986. The van der Waals surface area contributed by atoms with Gasteiger partial charge in [0.2, 0.25) is 0 Å². The summed E-state index contributed by atoms with van der Waals surface area (Å²) >= 11 is 0. The molecule has 0 fully saturated rings. The second-order valence-electron chi connectivity index (χ2n) is 4.87. The number of guanidine groups is 1. The molecule has 2 atom stereocenters. The summed E-state index contributed by atoms with van der Waals surface area (Å²) < 4.78 is 4.60. The van der Waals surface area contributed by atoms with Gasteiger partial charge in [-0.25, -0.2) is 14.4 Å².